The minimum atomic E-state index is 0.100. The van der Waals surface area contributed by atoms with Crippen LogP contribution in [-0.2, 0) is 9.59 Å². The minimum absolute atomic E-state index is 0.100. The SMILES string of the molecule is CCCCC(=O)NCCSC(=O)CCCC. The number of amides is 1. The second-order valence-corrected chi connectivity index (χ2v) is 4.93. The maximum absolute atomic E-state index is 11.3. The molecule has 0 spiro atoms. The predicted molar refractivity (Wildman–Crippen MR) is 69.5 cm³/mol. The molecule has 0 aliphatic heterocycles. The Hall–Kier alpha value is -0.510. The molecule has 0 atom stereocenters. The van der Waals surface area contributed by atoms with Crippen LogP contribution < -0.4 is 5.32 Å². The lowest BCUT2D eigenvalue weighted by atomic mass is 10.2. The highest BCUT2D eigenvalue weighted by Gasteiger charge is 2.03. The fourth-order valence-electron chi connectivity index (χ4n) is 1.17. The van der Waals surface area contributed by atoms with Crippen LogP contribution in [0.4, 0.5) is 0 Å². The van der Waals surface area contributed by atoms with Crippen LogP contribution in [0, 0.1) is 0 Å². The lowest BCUT2D eigenvalue weighted by Gasteiger charge is -2.03. The molecule has 0 aliphatic carbocycles. The van der Waals surface area contributed by atoms with E-state index in [1.165, 1.54) is 11.8 Å². The van der Waals surface area contributed by atoms with Crippen molar-refractivity contribution >= 4 is 22.8 Å². The summed E-state index contributed by atoms with van der Waals surface area (Å²) in [4.78, 5) is 22.5. The van der Waals surface area contributed by atoms with Gasteiger partial charge in [-0.2, -0.15) is 0 Å². The van der Waals surface area contributed by atoms with E-state index in [9.17, 15) is 9.59 Å². The normalized spacial score (nSPS) is 10.1. The Morgan fingerprint density at radius 1 is 1.06 bits per heavy atom. The summed E-state index contributed by atoms with van der Waals surface area (Å²) in [5.41, 5.74) is 0. The van der Waals surface area contributed by atoms with Gasteiger partial charge in [-0.1, -0.05) is 38.5 Å². The highest BCUT2D eigenvalue weighted by Crippen LogP contribution is 2.07. The first-order valence-corrected chi connectivity index (χ1v) is 7.11. The molecule has 4 heteroatoms. The largest absolute Gasteiger partial charge is 0.355 e. The Bertz CT molecular complexity index is 185. The predicted octanol–water partition coefficient (Wildman–Crippen LogP) is 2.74. The summed E-state index contributed by atoms with van der Waals surface area (Å²) in [6, 6.07) is 0. The van der Waals surface area contributed by atoms with Crippen molar-refractivity contribution in [3.05, 3.63) is 0 Å². The molecule has 1 amide bonds. The van der Waals surface area contributed by atoms with Crippen LogP contribution in [-0.4, -0.2) is 23.3 Å². The van der Waals surface area contributed by atoms with Crippen LogP contribution in [0.1, 0.15) is 52.4 Å². The second-order valence-electron chi connectivity index (χ2n) is 3.78. The van der Waals surface area contributed by atoms with Gasteiger partial charge in [-0.15, -0.1) is 0 Å². The van der Waals surface area contributed by atoms with Crippen LogP contribution in [0.15, 0.2) is 0 Å². The molecule has 1 N–H and O–H groups in total. The molecule has 0 bridgehead atoms. The Labute approximate surface area is 103 Å². The van der Waals surface area contributed by atoms with E-state index in [-0.39, 0.29) is 11.0 Å². The van der Waals surface area contributed by atoms with E-state index in [2.05, 4.69) is 19.2 Å². The van der Waals surface area contributed by atoms with Gasteiger partial charge in [0.2, 0.25) is 5.91 Å². The van der Waals surface area contributed by atoms with E-state index < -0.39 is 0 Å². The smallest absolute Gasteiger partial charge is 0.220 e. The molecule has 0 radical (unpaired) electrons. The number of carbonyl (C=O) groups is 2. The zero-order valence-electron chi connectivity index (χ0n) is 10.4. The van der Waals surface area contributed by atoms with Crippen molar-refractivity contribution in [1.82, 2.24) is 5.32 Å². The third-order valence-electron chi connectivity index (χ3n) is 2.18. The number of rotatable bonds is 9. The van der Waals surface area contributed by atoms with E-state index in [1.807, 2.05) is 0 Å². The molecule has 0 aromatic heterocycles. The number of unbranched alkanes of at least 4 members (excludes halogenated alkanes) is 2. The maximum Gasteiger partial charge on any atom is 0.220 e. The summed E-state index contributed by atoms with van der Waals surface area (Å²) in [5, 5.41) is 3.06. The average molecular weight is 245 g/mol. The maximum atomic E-state index is 11.3. The lowest BCUT2D eigenvalue weighted by Crippen LogP contribution is -2.25. The molecule has 0 aliphatic rings. The van der Waals surface area contributed by atoms with E-state index >= 15 is 0 Å². The van der Waals surface area contributed by atoms with Crippen molar-refractivity contribution in [2.24, 2.45) is 0 Å². The van der Waals surface area contributed by atoms with Crippen LogP contribution in [0.3, 0.4) is 0 Å². The van der Waals surface area contributed by atoms with Gasteiger partial charge in [0, 0.05) is 25.1 Å². The molecule has 0 saturated carbocycles. The van der Waals surface area contributed by atoms with Gasteiger partial charge in [-0.05, 0) is 12.8 Å². The molecule has 0 unspecified atom stereocenters. The number of hydrogen-bond acceptors (Lipinski definition) is 3. The zero-order chi connectivity index (χ0) is 12.2. The summed E-state index contributed by atoms with van der Waals surface area (Å²) in [6.45, 7) is 4.74. The Morgan fingerprint density at radius 2 is 1.69 bits per heavy atom. The van der Waals surface area contributed by atoms with Gasteiger partial charge in [-0.3, -0.25) is 9.59 Å². The molecular formula is C12H23NO2S. The molecule has 0 aromatic rings. The van der Waals surface area contributed by atoms with Gasteiger partial charge in [-0.25, -0.2) is 0 Å². The highest BCUT2D eigenvalue weighted by atomic mass is 32.2. The molecule has 0 saturated heterocycles. The third kappa shape index (κ3) is 10.0. The molecule has 94 valence electrons. The summed E-state index contributed by atoms with van der Waals surface area (Å²) in [5.74, 6) is 0.795. The van der Waals surface area contributed by atoms with Gasteiger partial charge in [0.05, 0.1) is 0 Å². The van der Waals surface area contributed by atoms with Gasteiger partial charge in [0.1, 0.15) is 0 Å². The van der Waals surface area contributed by atoms with E-state index in [1.54, 1.807) is 0 Å². The number of nitrogens with one attached hydrogen (secondary N) is 1. The lowest BCUT2D eigenvalue weighted by molar-refractivity contribution is -0.121. The van der Waals surface area contributed by atoms with Crippen LogP contribution in [0.2, 0.25) is 0 Å². The van der Waals surface area contributed by atoms with Crippen molar-refractivity contribution in [1.29, 1.82) is 0 Å². The summed E-state index contributed by atoms with van der Waals surface area (Å²) >= 11 is 1.33. The number of thioether (sulfide) groups is 1. The van der Waals surface area contributed by atoms with Crippen LogP contribution in [0.25, 0.3) is 0 Å². The van der Waals surface area contributed by atoms with Gasteiger partial charge in [0.25, 0.3) is 0 Å². The number of hydrogen-bond donors (Lipinski definition) is 1. The first-order chi connectivity index (χ1) is 7.70. The fourth-order valence-corrected chi connectivity index (χ4v) is 1.89. The van der Waals surface area contributed by atoms with Gasteiger partial charge in [0.15, 0.2) is 5.12 Å². The topological polar surface area (TPSA) is 46.2 Å². The summed E-state index contributed by atoms with van der Waals surface area (Å²) in [6.07, 6.45) is 5.26. The minimum Gasteiger partial charge on any atom is -0.355 e. The summed E-state index contributed by atoms with van der Waals surface area (Å²) in [7, 11) is 0. The molecule has 3 nitrogen and oxygen atoms in total. The van der Waals surface area contributed by atoms with Crippen molar-refractivity contribution in [3.8, 4) is 0 Å². The molecule has 0 aromatic carbocycles. The Balaban J connectivity index is 3.31. The average Bonchev–Trinajstić information content (AvgIpc) is 2.29. The highest BCUT2D eigenvalue weighted by molar-refractivity contribution is 8.13. The number of carbonyl (C=O) groups excluding carboxylic acids is 2. The monoisotopic (exact) mass is 245 g/mol. The molecular weight excluding hydrogens is 222 g/mol. The van der Waals surface area contributed by atoms with Crippen LogP contribution in [0.5, 0.6) is 0 Å². The molecule has 0 fully saturated rings. The molecule has 0 rings (SSSR count). The van der Waals surface area contributed by atoms with E-state index in [0.29, 0.717) is 25.1 Å². The van der Waals surface area contributed by atoms with Crippen LogP contribution >= 0.6 is 11.8 Å². The first-order valence-electron chi connectivity index (χ1n) is 6.13. The summed E-state index contributed by atoms with van der Waals surface area (Å²) < 4.78 is 0. The van der Waals surface area contributed by atoms with Crippen molar-refractivity contribution in [2.75, 3.05) is 12.3 Å². The third-order valence-corrected chi connectivity index (χ3v) is 3.11. The molecule has 0 heterocycles. The van der Waals surface area contributed by atoms with Gasteiger partial charge >= 0.3 is 0 Å². The Morgan fingerprint density at radius 3 is 2.31 bits per heavy atom. The van der Waals surface area contributed by atoms with Crippen molar-refractivity contribution < 1.29 is 9.59 Å². The molecule has 16 heavy (non-hydrogen) atoms. The van der Waals surface area contributed by atoms with E-state index in [4.69, 9.17) is 0 Å². The first kappa shape index (κ1) is 15.5. The van der Waals surface area contributed by atoms with E-state index in [0.717, 1.165) is 25.7 Å². The van der Waals surface area contributed by atoms with Gasteiger partial charge < -0.3 is 5.32 Å². The zero-order valence-corrected chi connectivity index (χ0v) is 11.2. The Kier molecular flexibility index (Phi) is 10.6. The van der Waals surface area contributed by atoms with Crippen molar-refractivity contribution in [2.45, 2.75) is 52.4 Å². The second kappa shape index (κ2) is 11.0. The van der Waals surface area contributed by atoms with Crippen molar-refractivity contribution in [3.63, 3.8) is 0 Å². The standard InChI is InChI=1S/C12H23NO2S/c1-3-5-7-11(14)13-9-10-16-12(15)8-6-4-2/h3-10H2,1-2H3,(H,13,14). The quantitative estimate of drug-likeness (QED) is 0.635. The fraction of sp³-hybridized carbons (Fsp3) is 0.833.